The van der Waals surface area contributed by atoms with E-state index < -0.39 is 0 Å². The van der Waals surface area contributed by atoms with Crippen molar-refractivity contribution in [3.05, 3.63) is 99.8 Å². The Labute approximate surface area is 194 Å². The highest BCUT2D eigenvalue weighted by atomic mass is 16.5. The summed E-state index contributed by atoms with van der Waals surface area (Å²) in [4.78, 5) is 12.9. The molecule has 0 radical (unpaired) electrons. The van der Waals surface area contributed by atoms with Crippen LogP contribution >= 0.6 is 0 Å². The van der Waals surface area contributed by atoms with E-state index in [1.807, 2.05) is 62.7 Å². The molecule has 6 nitrogen and oxygen atoms in total. The molecule has 0 unspecified atom stereocenters. The first-order valence-electron chi connectivity index (χ1n) is 11.0. The SMILES string of the molecule is Cc1ccccc1Cn1nc(C)c(NC(=O)c2ccc(COc3c(C)cccc3C)o2)c1C. The Bertz CT molecular complexity index is 1280. The molecule has 0 aliphatic rings. The topological polar surface area (TPSA) is 69.3 Å². The van der Waals surface area contributed by atoms with Gasteiger partial charge in [0.25, 0.3) is 5.91 Å². The first kappa shape index (κ1) is 22.4. The van der Waals surface area contributed by atoms with Crippen molar-refractivity contribution in [1.29, 1.82) is 0 Å². The second kappa shape index (κ2) is 9.36. The molecular formula is C27H29N3O3. The van der Waals surface area contributed by atoms with E-state index in [0.717, 1.165) is 28.3 Å². The molecule has 6 heteroatoms. The van der Waals surface area contributed by atoms with Gasteiger partial charge in [-0.05, 0) is 69.0 Å². The lowest BCUT2D eigenvalue weighted by molar-refractivity contribution is 0.0992. The molecule has 0 aliphatic heterocycles. The van der Waals surface area contributed by atoms with Gasteiger partial charge in [0.1, 0.15) is 18.1 Å². The van der Waals surface area contributed by atoms with Gasteiger partial charge in [0.05, 0.1) is 23.6 Å². The molecule has 0 saturated heterocycles. The van der Waals surface area contributed by atoms with Crippen LogP contribution in [0.5, 0.6) is 5.75 Å². The molecule has 2 heterocycles. The number of carbonyl (C=O) groups excluding carboxylic acids is 1. The quantitative estimate of drug-likeness (QED) is 0.386. The second-order valence-electron chi connectivity index (χ2n) is 8.36. The minimum absolute atomic E-state index is 0.237. The summed E-state index contributed by atoms with van der Waals surface area (Å²) in [5.74, 6) is 1.36. The zero-order chi connectivity index (χ0) is 23.5. The van der Waals surface area contributed by atoms with E-state index in [0.29, 0.717) is 18.0 Å². The van der Waals surface area contributed by atoms with E-state index in [1.165, 1.54) is 11.1 Å². The molecular weight excluding hydrogens is 414 g/mol. The van der Waals surface area contributed by atoms with Crippen LogP contribution in [0.2, 0.25) is 0 Å². The molecule has 1 N–H and O–H groups in total. The standard InChI is InChI=1S/C27H29N3O3/c1-17-9-6-7-12-22(17)15-30-21(5)25(20(4)29-30)28-27(31)24-14-13-23(33-24)16-32-26-18(2)10-8-11-19(26)3/h6-14H,15-16H2,1-5H3,(H,28,31). The molecule has 170 valence electrons. The number of nitrogens with zero attached hydrogens (tertiary/aromatic N) is 2. The van der Waals surface area contributed by atoms with Crippen LogP contribution in [0.25, 0.3) is 0 Å². The van der Waals surface area contributed by atoms with E-state index in [1.54, 1.807) is 12.1 Å². The van der Waals surface area contributed by atoms with E-state index >= 15 is 0 Å². The zero-order valence-electron chi connectivity index (χ0n) is 19.7. The summed E-state index contributed by atoms with van der Waals surface area (Å²) in [7, 11) is 0. The minimum atomic E-state index is -0.310. The lowest BCUT2D eigenvalue weighted by Gasteiger charge is -2.10. The number of ether oxygens (including phenoxy) is 1. The number of rotatable bonds is 7. The number of aromatic nitrogens is 2. The fourth-order valence-corrected chi connectivity index (χ4v) is 3.90. The average molecular weight is 444 g/mol. The Hall–Kier alpha value is -3.80. The molecule has 2 aromatic heterocycles. The first-order valence-corrected chi connectivity index (χ1v) is 11.0. The van der Waals surface area contributed by atoms with Crippen molar-refractivity contribution in [2.75, 3.05) is 5.32 Å². The van der Waals surface area contributed by atoms with Crippen LogP contribution in [-0.4, -0.2) is 15.7 Å². The van der Waals surface area contributed by atoms with Gasteiger partial charge >= 0.3 is 0 Å². The third-order valence-electron chi connectivity index (χ3n) is 5.85. The fraction of sp³-hybridized carbons (Fsp3) is 0.259. The molecule has 4 rings (SSSR count). The second-order valence-corrected chi connectivity index (χ2v) is 8.36. The maximum Gasteiger partial charge on any atom is 0.291 e. The molecule has 2 aromatic carbocycles. The van der Waals surface area contributed by atoms with Gasteiger partial charge in [-0.25, -0.2) is 0 Å². The average Bonchev–Trinajstić information content (AvgIpc) is 3.35. The highest BCUT2D eigenvalue weighted by molar-refractivity contribution is 6.02. The van der Waals surface area contributed by atoms with Crippen molar-refractivity contribution >= 4 is 11.6 Å². The Morgan fingerprint density at radius 3 is 2.36 bits per heavy atom. The van der Waals surface area contributed by atoms with Crippen LogP contribution in [0.4, 0.5) is 5.69 Å². The minimum Gasteiger partial charge on any atom is -0.485 e. The van der Waals surface area contributed by atoms with Crippen molar-refractivity contribution in [3.63, 3.8) is 0 Å². The monoisotopic (exact) mass is 443 g/mol. The van der Waals surface area contributed by atoms with Crippen molar-refractivity contribution < 1.29 is 13.9 Å². The van der Waals surface area contributed by atoms with Crippen molar-refractivity contribution in [2.45, 2.75) is 47.8 Å². The Balaban J connectivity index is 1.44. The summed E-state index contributed by atoms with van der Waals surface area (Å²) >= 11 is 0. The molecule has 0 spiro atoms. The maximum atomic E-state index is 12.9. The predicted octanol–water partition coefficient (Wildman–Crippen LogP) is 5.90. The fourth-order valence-electron chi connectivity index (χ4n) is 3.90. The van der Waals surface area contributed by atoms with Crippen LogP contribution in [-0.2, 0) is 13.2 Å². The molecule has 0 fully saturated rings. The third kappa shape index (κ3) is 4.85. The zero-order valence-corrected chi connectivity index (χ0v) is 19.7. The molecule has 33 heavy (non-hydrogen) atoms. The summed E-state index contributed by atoms with van der Waals surface area (Å²) in [6, 6.07) is 17.7. The molecule has 0 saturated carbocycles. The van der Waals surface area contributed by atoms with Crippen LogP contribution in [0.3, 0.4) is 0 Å². The molecule has 0 bridgehead atoms. The number of hydrogen-bond donors (Lipinski definition) is 1. The number of nitrogens with one attached hydrogen (secondary N) is 1. The summed E-state index contributed by atoms with van der Waals surface area (Å²) in [6.45, 7) is 10.9. The lowest BCUT2D eigenvalue weighted by atomic mass is 10.1. The Morgan fingerprint density at radius 2 is 1.64 bits per heavy atom. The van der Waals surface area contributed by atoms with Crippen molar-refractivity contribution in [1.82, 2.24) is 9.78 Å². The normalized spacial score (nSPS) is 10.9. The lowest BCUT2D eigenvalue weighted by Crippen LogP contribution is -2.12. The number of hydrogen-bond acceptors (Lipinski definition) is 4. The van der Waals surface area contributed by atoms with Crippen LogP contribution < -0.4 is 10.1 Å². The number of anilines is 1. The number of furan rings is 1. The smallest absolute Gasteiger partial charge is 0.291 e. The van der Waals surface area contributed by atoms with Gasteiger partial charge in [-0.3, -0.25) is 9.48 Å². The Kier molecular flexibility index (Phi) is 6.36. The van der Waals surface area contributed by atoms with E-state index in [9.17, 15) is 4.79 Å². The van der Waals surface area contributed by atoms with Gasteiger partial charge in [-0.15, -0.1) is 0 Å². The number of benzene rings is 2. The van der Waals surface area contributed by atoms with Gasteiger partial charge in [-0.2, -0.15) is 5.10 Å². The van der Waals surface area contributed by atoms with Gasteiger partial charge < -0.3 is 14.5 Å². The van der Waals surface area contributed by atoms with E-state index in [2.05, 4.69) is 29.5 Å². The summed E-state index contributed by atoms with van der Waals surface area (Å²) in [6.07, 6.45) is 0. The van der Waals surface area contributed by atoms with Gasteiger partial charge in [0.15, 0.2) is 5.76 Å². The summed E-state index contributed by atoms with van der Waals surface area (Å²) < 4.78 is 13.6. The highest BCUT2D eigenvalue weighted by Crippen LogP contribution is 2.25. The van der Waals surface area contributed by atoms with Crippen LogP contribution in [0.15, 0.2) is 59.0 Å². The predicted molar refractivity (Wildman–Crippen MR) is 129 cm³/mol. The maximum absolute atomic E-state index is 12.9. The van der Waals surface area contributed by atoms with Gasteiger partial charge in [0.2, 0.25) is 0 Å². The number of para-hydroxylation sites is 1. The summed E-state index contributed by atoms with van der Waals surface area (Å²) in [5, 5.41) is 7.59. The van der Waals surface area contributed by atoms with Gasteiger partial charge in [-0.1, -0.05) is 42.5 Å². The third-order valence-corrected chi connectivity index (χ3v) is 5.85. The molecule has 4 aromatic rings. The number of amides is 1. The van der Waals surface area contributed by atoms with E-state index in [-0.39, 0.29) is 18.3 Å². The Morgan fingerprint density at radius 1 is 0.939 bits per heavy atom. The van der Waals surface area contributed by atoms with Crippen LogP contribution in [0.1, 0.15) is 50.0 Å². The van der Waals surface area contributed by atoms with Gasteiger partial charge in [0, 0.05) is 0 Å². The summed E-state index contributed by atoms with van der Waals surface area (Å²) in [5.41, 5.74) is 6.90. The molecule has 0 atom stereocenters. The largest absolute Gasteiger partial charge is 0.485 e. The highest BCUT2D eigenvalue weighted by Gasteiger charge is 2.18. The molecule has 1 amide bonds. The van der Waals surface area contributed by atoms with E-state index in [4.69, 9.17) is 9.15 Å². The number of carbonyl (C=O) groups is 1. The first-order chi connectivity index (χ1) is 15.8. The van der Waals surface area contributed by atoms with Crippen LogP contribution in [0, 0.1) is 34.6 Å². The number of aryl methyl sites for hydroxylation is 4. The van der Waals surface area contributed by atoms with Crippen molar-refractivity contribution in [3.8, 4) is 5.75 Å². The molecule has 0 aliphatic carbocycles. The van der Waals surface area contributed by atoms with Crippen molar-refractivity contribution in [2.24, 2.45) is 0 Å².